The number of thioether (sulfide) groups is 1. The first kappa shape index (κ1) is 23.5. The van der Waals surface area contributed by atoms with Crippen molar-refractivity contribution in [3.05, 3.63) is 83.8 Å². The van der Waals surface area contributed by atoms with E-state index in [1.165, 1.54) is 11.8 Å². The summed E-state index contributed by atoms with van der Waals surface area (Å²) >= 11 is 1.35. The summed E-state index contributed by atoms with van der Waals surface area (Å²) in [6.07, 6.45) is 2.90. The van der Waals surface area contributed by atoms with E-state index in [1.54, 1.807) is 30.5 Å². The molecule has 2 aromatic heterocycles. The van der Waals surface area contributed by atoms with Crippen molar-refractivity contribution in [2.75, 3.05) is 11.1 Å². The SMILES string of the molecule is CCCC(=O)Nc1ccc(C(=O)CSc2nnc(-c3ccoc3C)n2Cc2ccccc2)cc1. The fourth-order valence-corrected chi connectivity index (χ4v) is 4.36. The van der Waals surface area contributed by atoms with E-state index in [1.807, 2.05) is 54.8 Å². The molecule has 2 aromatic carbocycles. The molecule has 4 aromatic rings. The summed E-state index contributed by atoms with van der Waals surface area (Å²) in [5, 5.41) is 12.3. The molecule has 0 spiro atoms. The number of rotatable bonds is 10. The van der Waals surface area contributed by atoms with E-state index in [0.29, 0.717) is 35.2 Å². The number of amides is 1. The molecule has 0 saturated carbocycles. The van der Waals surface area contributed by atoms with Gasteiger partial charge in [-0.25, -0.2) is 0 Å². The molecule has 0 aliphatic rings. The van der Waals surface area contributed by atoms with Crippen LogP contribution >= 0.6 is 11.8 Å². The predicted molar refractivity (Wildman–Crippen MR) is 133 cm³/mol. The van der Waals surface area contributed by atoms with Crippen molar-refractivity contribution >= 4 is 29.1 Å². The van der Waals surface area contributed by atoms with Crippen molar-refractivity contribution in [1.29, 1.82) is 0 Å². The van der Waals surface area contributed by atoms with Crippen molar-refractivity contribution < 1.29 is 14.0 Å². The zero-order valence-electron chi connectivity index (χ0n) is 19.2. The van der Waals surface area contributed by atoms with Crippen molar-refractivity contribution in [3.8, 4) is 11.4 Å². The number of nitrogens with zero attached hydrogens (tertiary/aromatic N) is 3. The number of benzene rings is 2. The number of carbonyl (C=O) groups is 2. The Balaban J connectivity index is 1.49. The molecule has 0 aliphatic heterocycles. The highest BCUT2D eigenvalue weighted by molar-refractivity contribution is 7.99. The average Bonchev–Trinajstić information content (AvgIpc) is 3.44. The predicted octanol–water partition coefficient (Wildman–Crippen LogP) is 5.61. The average molecular weight is 475 g/mol. The van der Waals surface area contributed by atoms with Crippen LogP contribution in [0.5, 0.6) is 0 Å². The van der Waals surface area contributed by atoms with Crippen LogP contribution in [0.3, 0.4) is 0 Å². The summed E-state index contributed by atoms with van der Waals surface area (Å²) < 4.78 is 7.48. The Hall–Kier alpha value is -3.65. The van der Waals surface area contributed by atoms with Crippen LogP contribution < -0.4 is 5.32 Å². The maximum absolute atomic E-state index is 12.8. The summed E-state index contributed by atoms with van der Waals surface area (Å²) in [6.45, 7) is 4.43. The van der Waals surface area contributed by atoms with Gasteiger partial charge in [-0.2, -0.15) is 0 Å². The fraction of sp³-hybridized carbons (Fsp3) is 0.231. The molecule has 0 unspecified atom stereocenters. The van der Waals surface area contributed by atoms with Crippen LogP contribution in [0.15, 0.2) is 76.5 Å². The number of aromatic nitrogens is 3. The topological polar surface area (TPSA) is 90.0 Å². The third kappa shape index (κ3) is 5.63. The quantitative estimate of drug-likeness (QED) is 0.237. The molecule has 0 aliphatic carbocycles. The molecule has 34 heavy (non-hydrogen) atoms. The van der Waals surface area contributed by atoms with Crippen LogP contribution in [0.25, 0.3) is 11.4 Å². The highest BCUT2D eigenvalue weighted by Gasteiger charge is 2.19. The van der Waals surface area contributed by atoms with E-state index >= 15 is 0 Å². The lowest BCUT2D eigenvalue weighted by molar-refractivity contribution is -0.116. The van der Waals surface area contributed by atoms with E-state index < -0.39 is 0 Å². The van der Waals surface area contributed by atoms with Crippen LogP contribution in [0.2, 0.25) is 0 Å². The summed E-state index contributed by atoms with van der Waals surface area (Å²) in [7, 11) is 0. The highest BCUT2D eigenvalue weighted by Crippen LogP contribution is 2.28. The number of anilines is 1. The lowest BCUT2D eigenvalue weighted by atomic mass is 10.1. The van der Waals surface area contributed by atoms with Crippen LogP contribution in [-0.4, -0.2) is 32.2 Å². The first-order valence-corrected chi connectivity index (χ1v) is 12.1. The number of Topliss-reactive ketones (excluding diaryl/α,β-unsaturated/α-hetero) is 1. The summed E-state index contributed by atoms with van der Waals surface area (Å²) in [6, 6.07) is 18.9. The van der Waals surface area contributed by atoms with Crippen LogP contribution in [0.4, 0.5) is 5.69 Å². The van der Waals surface area contributed by atoms with E-state index in [9.17, 15) is 9.59 Å². The molecule has 7 nitrogen and oxygen atoms in total. The van der Waals surface area contributed by atoms with Gasteiger partial charge in [0.15, 0.2) is 16.8 Å². The minimum Gasteiger partial charge on any atom is -0.469 e. The van der Waals surface area contributed by atoms with E-state index in [4.69, 9.17) is 4.42 Å². The van der Waals surface area contributed by atoms with Gasteiger partial charge in [0, 0.05) is 17.7 Å². The normalized spacial score (nSPS) is 10.9. The van der Waals surface area contributed by atoms with Gasteiger partial charge in [0.1, 0.15) is 5.76 Å². The molecule has 0 fully saturated rings. The molecule has 0 atom stereocenters. The van der Waals surface area contributed by atoms with Gasteiger partial charge in [-0.05, 0) is 49.2 Å². The van der Waals surface area contributed by atoms with Gasteiger partial charge in [0.25, 0.3) is 0 Å². The fourth-order valence-electron chi connectivity index (χ4n) is 3.52. The second-order valence-electron chi connectivity index (χ2n) is 7.86. The molecule has 0 bridgehead atoms. The second kappa shape index (κ2) is 11.0. The number of hydrogen-bond acceptors (Lipinski definition) is 6. The van der Waals surface area contributed by atoms with Crippen molar-refractivity contribution in [3.63, 3.8) is 0 Å². The number of carbonyl (C=O) groups excluding carboxylic acids is 2. The van der Waals surface area contributed by atoms with Gasteiger partial charge in [-0.1, -0.05) is 49.0 Å². The van der Waals surface area contributed by atoms with Gasteiger partial charge >= 0.3 is 0 Å². The van der Waals surface area contributed by atoms with Gasteiger partial charge in [-0.15, -0.1) is 10.2 Å². The lowest BCUT2D eigenvalue weighted by Crippen LogP contribution is -2.11. The Labute approximate surface area is 202 Å². The van der Waals surface area contributed by atoms with Crippen LogP contribution in [0.1, 0.15) is 41.4 Å². The van der Waals surface area contributed by atoms with Gasteiger partial charge < -0.3 is 9.73 Å². The maximum atomic E-state index is 12.8. The summed E-state index contributed by atoms with van der Waals surface area (Å²) in [4.78, 5) is 24.6. The number of furan rings is 1. The molecular formula is C26H26N4O3S. The Kier molecular flexibility index (Phi) is 7.59. The standard InChI is InChI=1S/C26H26N4O3S/c1-3-7-24(32)27-21-12-10-20(11-13-21)23(31)17-34-26-29-28-25(22-14-15-33-18(22)2)30(26)16-19-8-5-4-6-9-19/h4-6,8-15H,3,7,16-17H2,1-2H3,(H,27,32). The van der Waals surface area contributed by atoms with Crippen molar-refractivity contribution in [2.45, 2.75) is 38.4 Å². The number of nitrogens with one attached hydrogen (secondary N) is 1. The Bertz CT molecular complexity index is 1260. The molecule has 0 radical (unpaired) electrons. The molecule has 2 heterocycles. The first-order chi connectivity index (χ1) is 16.5. The summed E-state index contributed by atoms with van der Waals surface area (Å²) in [5.74, 6) is 1.64. The first-order valence-electron chi connectivity index (χ1n) is 11.1. The van der Waals surface area contributed by atoms with Crippen molar-refractivity contribution in [2.24, 2.45) is 0 Å². The third-order valence-electron chi connectivity index (χ3n) is 5.30. The molecule has 1 N–H and O–H groups in total. The number of ketones is 1. The molecule has 4 rings (SSSR count). The highest BCUT2D eigenvalue weighted by atomic mass is 32.2. The van der Waals surface area contributed by atoms with E-state index in [2.05, 4.69) is 15.5 Å². The molecule has 1 amide bonds. The molecule has 8 heteroatoms. The Morgan fingerprint density at radius 3 is 2.47 bits per heavy atom. The smallest absolute Gasteiger partial charge is 0.224 e. The molecular weight excluding hydrogens is 448 g/mol. The molecule has 174 valence electrons. The van der Waals surface area contributed by atoms with Crippen LogP contribution in [-0.2, 0) is 11.3 Å². The summed E-state index contributed by atoms with van der Waals surface area (Å²) in [5.41, 5.74) is 3.26. The lowest BCUT2D eigenvalue weighted by Gasteiger charge is -2.10. The van der Waals surface area contributed by atoms with Gasteiger partial charge in [0.2, 0.25) is 5.91 Å². The third-order valence-corrected chi connectivity index (χ3v) is 6.27. The largest absolute Gasteiger partial charge is 0.469 e. The number of hydrogen-bond donors (Lipinski definition) is 1. The zero-order chi connectivity index (χ0) is 23.9. The number of aryl methyl sites for hydroxylation is 1. The minimum atomic E-state index is -0.0291. The Morgan fingerprint density at radius 1 is 1.03 bits per heavy atom. The van der Waals surface area contributed by atoms with E-state index in [-0.39, 0.29) is 17.4 Å². The monoisotopic (exact) mass is 474 g/mol. The molecule has 0 saturated heterocycles. The van der Waals surface area contributed by atoms with Gasteiger partial charge in [-0.3, -0.25) is 14.2 Å². The maximum Gasteiger partial charge on any atom is 0.224 e. The second-order valence-corrected chi connectivity index (χ2v) is 8.80. The zero-order valence-corrected chi connectivity index (χ0v) is 20.0. The van der Waals surface area contributed by atoms with Crippen LogP contribution in [0, 0.1) is 6.92 Å². The minimum absolute atomic E-state index is 0.0215. The van der Waals surface area contributed by atoms with E-state index in [0.717, 1.165) is 23.3 Å². The Morgan fingerprint density at radius 2 is 1.79 bits per heavy atom. The van der Waals surface area contributed by atoms with Gasteiger partial charge in [0.05, 0.1) is 24.1 Å². The van der Waals surface area contributed by atoms with Crippen molar-refractivity contribution in [1.82, 2.24) is 14.8 Å².